The van der Waals surface area contributed by atoms with Gasteiger partial charge in [0, 0.05) is 6.04 Å². The minimum Gasteiger partial charge on any atom is -0.311 e. The zero-order valence-electron chi connectivity index (χ0n) is 8.02. The monoisotopic (exact) mass is 233 g/mol. The first-order chi connectivity index (χ1) is 6.64. The van der Waals surface area contributed by atoms with Gasteiger partial charge in [-0.25, -0.2) is 4.39 Å². The first-order valence-corrected chi connectivity index (χ1v) is 6.06. The van der Waals surface area contributed by atoms with Gasteiger partial charge in [-0.05, 0) is 37.8 Å². The van der Waals surface area contributed by atoms with E-state index in [9.17, 15) is 4.39 Å². The van der Waals surface area contributed by atoms with Crippen LogP contribution in [0.25, 0.3) is 0 Å². The van der Waals surface area contributed by atoms with Gasteiger partial charge in [0.05, 0.1) is 9.90 Å². The number of thiophene rings is 1. The predicted molar refractivity (Wildman–Crippen MR) is 58.8 cm³/mol. The molecule has 14 heavy (non-hydrogen) atoms. The zero-order chi connectivity index (χ0) is 10.2. The first kappa shape index (κ1) is 10.4. The molecule has 78 valence electrons. The Bertz CT molecular complexity index is 328. The third-order valence-electron chi connectivity index (χ3n) is 2.85. The highest BCUT2D eigenvalue weighted by molar-refractivity contribution is 7.10. The molecule has 0 spiro atoms. The van der Waals surface area contributed by atoms with Crippen molar-refractivity contribution in [3.63, 3.8) is 0 Å². The van der Waals surface area contributed by atoms with Crippen molar-refractivity contribution in [2.75, 3.05) is 6.54 Å². The number of hydrogen-bond donors (Lipinski definition) is 1. The molecule has 1 saturated heterocycles. The Morgan fingerprint density at radius 3 is 3.07 bits per heavy atom. The Kier molecular flexibility index (Phi) is 2.82. The third-order valence-corrected chi connectivity index (χ3v) is 4.34. The van der Waals surface area contributed by atoms with Crippen LogP contribution < -0.4 is 5.32 Å². The number of piperidine rings is 1. The highest BCUT2D eigenvalue weighted by Crippen LogP contribution is 2.43. The lowest BCUT2D eigenvalue weighted by molar-refractivity contribution is 0.0787. The average Bonchev–Trinajstić information content (AvgIpc) is 2.57. The molecule has 2 atom stereocenters. The molecule has 0 aliphatic carbocycles. The van der Waals surface area contributed by atoms with Crippen LogP contribution in [0.3, 0.4) is 0 Å². The van der Waals surface area contributed by atoms with Gasteiger partial charge in [0.1, 0.15) is 0 Å². The molecule has 1 aromatic heterocycles. The van der Waals surface area contributed by atoms with E-state index in [1.54, 1.807) is 6.07 Å². The molecule has 0 radical (unpaired) electrons. The summed E-state index contributed by atoms with van der Waals surface area (Å²) >= 11 is 7.38. The quantitative estimate of drug-likeness (QED) is 0.785. The van der Waals surface area contributed by atoms with Crippen molar-refractivity contribution in [2.45, 2.75) is 31.5 Å². The van der Waals surface area contributed by atoms with E-state index < -0.39 is 5.67 Å². The summed E-state index contributed by atoms with van der Waals surface area (Å²) in [6.45, 7) is 2.78. The summed E-state index contributed by atoms with van der Waals surface area (Å²) in [5.41, 5.74) is -1.27. The number of hydrogen-bond acceptors (Lipinski definition) is 2. The van der Waals surface area contributed by atoms with E-state index in [-0.39, 0.29) is 6.04 Å². The SMILES string of the molecule is CC1NCCCC1(F)c1sccc1Cl. The van der Waals surface area contributed by atoms with E-state index in [2.05, 4.69) is 5.32 Å². The molecule has 0 aromatic carbocycles. The van der Waals surface area contributed by atoms with Crippen molar-refractivity contribution in [3.8, 4) is 0 Å². The van der Waals surface area contributed by atoms with Gasteiger partial charge in [-0.2, -0.15) is 0 Å². The van der Waals surface area contributed by atoms with Gasteiger partial charge in [-0.3, -0.25) is 0 Å². The number of halogens is 2. The minimum absolute atomic E-state index is 0.146. The maximum Gasteiger partial charge on any atom is 0.161 e. The lowest BCUT2D eigenvalue weighted by Crippen LogP contribution is -2.47. The highest BCUT2D eigenvalue weighted by atomic mass is 35.5. The molecule has 0 bridgehead atoms. The standard InChI is InChI=1S/C10H13ClFNS/c1-7-10(12,4-2-5-13-7)9-8(11)3-6-14-9/h3,6-7,13H,2,4-5H2,1H3. The Morgan fingerprint density at radius 1 is 1.71 bits per heavy atom. The van der Waals surface area contributed by atoms with E-state index in [0.717, 1.165) is 13.0 Å². The summed E-state index contributed by atoms with van der Waals surface area (Å²) in [6, 6.07) is 1.62. The summed E-state index contributed by atoms with van der Waals surface area (Å²) in [5.74, 6) is 0. The van der Waals surface area contributed by atoms with Crippen molar-refractivity contribution in [2.24, 2.45) is 0 Å². The van der Waals surface area contributed by atoms with Crippen molar-refractivity contribution < 1.29 is 4.39 Å². The molecule has 2 heterocycles. The lowest BCUT2D eigenvalue weighted by atomic mass is 9.87. The molecular weight excluding hydrogens is 221 g/mol. The molecule has 0 amide bonds. The molecule has 1 nitrogen and oxygen atoms in total. The molecule has 2 rings (SSSR count). The van der Waals surface area contributed by atoms with Crippen LogP contribution in [0.4, 0.5) is 4.39 Å². The Morgan fingerprint density at radius 2 is 2.50 bits per heavy atom. The second-order valence-electron chi connectivity index (χ2n) is 3.74. The maximum absolute atomic E-state index is 14.7. The van der Waals surface area contributed by atoms with E-state index in [0.29, 0.717) is 16.3 Å². The molecule has 1 N–H and O–H groups in total. The van der Waals surface area contributed by atoms with Crippen LogP contribution in [0.15, 0.2) is 11.4 Å². The summed E-state index contributed by atoms with van der Waals surface area (Å²) in [4.78, 5) is 0.680. The summed E-state index contributed by atoms with van der Waals surface area (Å²) in [6.07, 6.45) is 1.44. The smallest absolute Gasteiger partial charge is 0.161 e. The van der Waals surface area contributed by atoms with Crippen LogP contribution >= 0.6 is 22.9 Å². The highest BCUT2D eigenvalue weighted by Gasteiger charge is 2.42. The van der Waals surface area contributed by atoms with Gasteiger partial charge in [0.2, 0.25) is 0 Å². The Hall–Kier alpha value is -0.120. The van der Waals surface area contributed by atoms with Gasteiger partial charge in [0.25, 0.3) is 0 Å². The van der Waals surface area contributed by atoms with Crippen LogP contribution in [0, 0.1) is 0 Å². The normalized spacial score (nSPS) is 33.2. The van der Waals surface area contributed by atoms with Gasteiger partial charge < -0.3 is 5.32 Å². The minimum atomic E-state index is -1.27. The Balaban J connectivity index is 2.34. The Labute approximate surface area is 92.3 Å². The topological polar surface area (TPSA) is 12.0 Å². The second kappa shape index (κ2) is 3.80. The van der Waals surface area contributed by atoms with Crippen LogP contribution in [0.1, 0.15) is 24.6 Å². The van der Waals surface area contributed by atoms with Crippen molar-refractivity contribution >= 4 is 22.9 Å². The third kappa shape index (κ3) is 1.58. The molecular formula is C10H13ClFNS. The number of nitrogens with one attached hydrogen (secondary N) is 1. The molecule has 1 aliphatic rings. The van der Waals surface area contributed by atoms with Crippen LogP contribution in [-0.4, -0.2) is 12.6 Å². The van der Waals surface area contributed by atoms with E-state index in [1.807, 2.05) is 12.3 Å². The average molecular weight is 234 g/mol. The van der Waals surface area contributed by atoms with Crippen LogP contribution in [0.5, 0.6) is 0 Å². The summed E-state index contributed by atoms with van der Waals surface area (Å²) < 4.78 is 14.7. The number of alkyl halides is 1. The summed E-state index contributed by atoms with van der Waals surface area (Å²) in [5, 5.41) is 5.57. The van der Waals surface area contributed by atoms with E-state index in [1.165, 1.54) is 11.3 Å². The molecule has 1 aliphatic heterocycles. The lowest BCUT2D eigenvalue weighted by Gasteiger charge is -2.36. The molecule has 1 fully saturated rings. The fourth-order valence-electron chi connectivity index (χ4n) is 1.94. The van der Waals surface area contributed by atoms with Gasteiger partial charge in [-0.1, -0.05) is 11.6 Å². The summed E-state index contributed by atoms with van der Waals surface area (Å²) in [7, 11) is 0. The molecule has 2 unspecified atom stereocenters. The first-order valence-electron chi connectivity index (χ1n) is 4.80. The van der Waals surface area contributed by atoms with Crippen LogP contribution in [-0.2, 0) is 5.67 Å². The van der Waals surface area contributed by atoms with Crippen molar-refractivity contribution in [3.05, 3.63) is 21.3 Å². The number of rotatable bonds is 1. The van der Waals surface area contributed by atoms with Gasteiger partial charge in [-0.15, -0.1) is 11.3 Å². The van der Waals surface area contributed by atoms with Crippen molar-refractivity contribution in [1.29, 1.82) is 0 Å². The zero-order valence-corrected chi connectivity index (χ0v) is 9.59. The second-order valence-corrected chi connectivity index (χ2v) is 5.06. The van der Waals surface area contributed by atoms with Crippen LogP contribution in [0.2, 0.25) is 5.02 Å². The van der Waals surface area contributed by atoms with E-state index >= 15 is 0 Å². The van der Waals surface area contributed by atoms with Gasteiger partial charge in [0.15, 0.2) is 5.67 Å². The fraction of sp³-hybridized carbons (Fsp3) is 0.600. The largest absolute Gasteiger partial charge is 0.311 e. The maximum atomic E-state index is 14.7. The van der Waals surface area contributed by atoms with Crippen molar-refractivity contribution in [1.82, 2.24) is 5.32 Å². The molecule has 0 saturated carbocycles. The van der Waals surface area contributed by atoms with E-state index in [4.69, 9.17) is 11.6 Å². The predicted octanol–water partition coefficient (Wildman–Crippen LogP) is 3.34. The molecule has 1 aromatic rings. The molecule has 4 heteroatoms. The van der Waals surface area contributed by atoms with Gasteiger partial charge >= 0.3 is 0 Å². The fourth-order valence-corrected chi connectivity index (χ4v) is 3.37.